The Hall–Kier alpha value is -3.51. The van der Waals surface area contributed by atoms with Crippen LogP contribution >= 0.6 is 0 Å². The fourth-order valence-corrected chi connectivity index (χ4v) is 3.30. The highest BCUT2D eigenvalue weighted by Gasteiger charge is 2.26. The predicted octanol–water partition coefficient (Wildman–Crippen LogP) is 5.66. The predicted molar refractivity (Wildman–Crippen MR) is 125 cm³/mol. The third-order valence-electron chi connectivity index (χ3n) is 5.21. The lowest BCUT2D eigenvalue weighted by molar-refractivity contribution is -0.386. The summed E-state index contributed by atoms with van der Waals surface area (Å²) in [5, 5.41) is 11.7. The first-order valence-electron chi connectivity index (χ1n) is 10.5. The van der Waals surface area contributed by atoms with Crippen LogP contribution in [0.4, 0.5) is 5.69 Å². The van der Waals surface area contributed by atoms with Gasteiger partial charge in [0.1, 0.15) is 6.61 Å². The standard InChI is InChI=1S/C26H28N2O4/c1-26(2,3)27(18-24(29)22-12-8-5-9-13-22)17-21-14-15-25(23(16-21)28(30)31)32-19-20-10-6-4-7-11-20/h4-16H,17-19H2,1-3H3. The Morgan fingerprint density at radius 2 is 1.56 bits per heavy atom. The molecule has 32 heavy (non-hydrogen) atoms. The van der Waals surface area contributed by atoms with Crippen LogP contribution in [0.15, 0.2) is 78.9 Å². The zero-order valence-corrected chi connectivity index (χ0v) is 18.7. The van der Waals surface area contributed by atoms with Crippen LogP contribution in [-0.4, -0.2) is 27.7 Å². The van der Waals surface area contributed by atoms with Crippen molar-refractivity contribution in [3.8, 4) is 5.75 Å². The molecular formula is C26H28N2O4. The van der Waals surface area contributed by atoms with Gasteiger partial charge in [-0.15, -0.1) is 0 Å². The molecule has 3 rings (SSSR count). The lowest BCUT2D eigenvalue weighted by atomic mass is 10.0. The van der Waals surface area contributed by atoms with Gasteiger partial charge < -0.3 is 4.74 Å². The Labute approximate surface area is 188 Å². The Balaban J connectivity index is 1.78. The van der Waals surface area contributed by atoms with Gasteiger partial charge in [-0.25, -0.2) is 0 Å². The normalized spacial score (nSPS) is 11.4. The molecule has 3 aromatic rings. The number of nitrogens with zero attached hydrogens (tertiary/aromatic N) is 2. The van der Waals surface area contributed by atoms with Gasteiger partial charge in [0.25, 0.3) is 0 Å². The topological polar surface area (TPSA) is 72.7 Å². The second kappa shape index (κ2) is 10.2. The van der Waals surface area contributed by atoms with Crippen LogP contribution in [0, 0.1) is 10.1 Å². The van der Waals surface area contributed by atoms with Gasteiger partial charge >= 0.3 is 5.69 Å². The van der Waals surface area contributed by atoms with Gasteiger partial charge in [0, 0.05) is 23.7 Å². The Kier molecular flexibility index (Phi) is 7.38. The van der Waals surface area contributed by atoms with Crippen molar-refractivity contribution in [3.05, 3.63) is 106 Å². The van der Waals surface area contributed by atoms with E-state index in [-0.39, 0.29) is 35.9 Å². The first-order chi connectivity index (χ1) is 15.2. The first-order valence-corrected chi connectivity index (χ1v) is 10.5. The molecule has 0 aromatic heterocycles. The molecule has 0 heterocycles. The van der Waals surface area contributed by atoms with E-state index in [4.69, 9.17) is 4.74 Å². The van der Waals surface area contributed by atoms with Crippen LogP contribution in [-0.2, 0) is 13.2 Å². The number of Topliss-reactive ketones (excluding diaryl/α,β-unsaturated/α-hetero) is 1. The summed E-state index contributed by atoms with van der Waals surface area (Å²) in [7, 11) is 0. The zero-order chi connectivity index (χ0) is 23.1. The van der Waals surface area contributed by atoms with Crippen molar-refractivity contribution in [1.82, 2.24) is 4.90 Å². The zero-order valence-electron chi connectivity index (χ0n) is 18.7. The maximum atomic E-state index is 12.8. The molecule has 0 aliphatic rings. The monoisotopic (exact) mass is 432 g/mol. The Morgan fingerprint density at radius 3 is 2.16 bits per heavy atom. The molecular weight excluding hydrogens is 404 g/mol. The third-order valence-corrected chi connectivity index (χ3v) is 5.21. The highest BCUT2D eigenvalue weighted by molar-refractivity contribution is 5.97. The molecule has 0 aliphatic carbocycles. The number of carbonyl (C=O) groups excluding carboxylic acids is 1. The summed E-state index contributed by atoms with van der Waals surface area (Å²) in [6, 6.07) is 23.7. The van der Waals surface area contributed by atoms with E-state index in [0.29, 0.717) is 12.1 Å². The molecule has 0 atom stereocenters. The maximum Gasteiger partial charge on any atom is 0.311 e. The van der Waals surface area contributed by atoms with Gasteiger partial charge in [0.15, 0.2) is 11.5 Å². The molecule has 6 nitrogen and oxygen atoms in total. The van der Waals surface area contributed by atoms with E-state index in [9.17, 15) is 14.9 Å². The molecule has 166 valence electrons. The van der Waals surface area contributed by atoms with E-state index >= 15 is 0 Å². The van der Waals surface area contributed by atoms with Crippen molar-refractivity contribution in [2.24, 2.45) is 0 Å². The van der Waals surface area contributed by atoms with Crippen molar-refractivity contribution in [3.63, 3.8) is 0 Å². The van der Waals surface area contributed by atoms with Crippen LogP contribution in [0.3, 0.4) is 0 Å². The minimum absolute atomic E-state index is 0.0119. The number of rotatable bonds is 9. The van der Waals surface area contributed by atoms with E-state index < -0.39 is 4.92 Å². The van der Waals surface area contributed by atoms with E-state index in [0.717, 1.165) is 11.1 Å². The highest BCUT2D eigenvalue weighted by Crippen LogP contribution is 2.30. The van der Waals surface area contributed by atoms with E-state index in [1.54, 1.807) is 18.2 Å². The molecule has 0 unspecified atom stereocenters. The summed E-state index contributed by atoms with van der Waals surface area (Å²) in [5.74, 6) is 0.239. The molecule has 0 amide bonds. The fraction of sp³-hybridized carbons (Fsp3) is 0.269. The summed E-state index contributed by atoms with van der Waals surface area (Å²) in [6.07, 6.45) is 0. The molecule has 0 radical (unpaired) electrons. The molecule has 0 N–H and O–H groups in total. The van der Waals surface area contributed by atoms with Gasteiger partial charge in [-0.05, 0) is 38.0 Å². The van der Waals surface area contributed by atoms with Crippen molar-refractivity contribution >= 4 is 11.5 Å². The summed E-state index contributed by atoms with van der Waals surface area (Å²) in [4.78, 5) is 26.0. The largest absolute Gasteiger partial charge is 0.482 e. The Bertz CT molecular complexity index is 1060. The molecule has 0 saturated carbocycles. The van der Waals surface area contributed by atoms with E-state index in [2.05, 4.69) is 0 Å². The minimum atomic E-state index is -0.430. The van der Waals surface area contributed by atoms with Crippen molar-refractivity contribution in [1.29, 1.82) is 0 Å². The average molecular weight is 433 g/mol. The van der Waals surface area contributed by atoms with Gasteiger partial charge in [-0.3, -0.25) is 19.8 Å². The molecule has 0 saturated heterocycles. The lowest BCUT2D eigenvalue weighted by Gasteiger charge is -2.35. The molecule has 0 fully saturated rings. The van der Waals surface area contributed by atoms with Gasteiger partial charge in [-0.1, -0.05) is 66.7 Å². The Morgan fingerprint density at radius 1 is 0.938 bits per heavy atom. The quantitative estimate of drug-likeness (QED) is 0.248. The number of ether oxygens (including phenoxy) is 1. The van der Waals surface area contributed by atoms with Crippen LogP contribution in [0.1, 0.15) is 42.3 Å². The van der Waals surface area contributed by atoms with Crippen molar-refractivity contribution in [2.45, 2.75) is 39.5 Å². The second-order valence-electron chi connectivity index (χ2n) is 8.65. The van der Waals surface area contributed by atoms with Crippen LogP contribution < -0.4 is 4.74 Å². The van der Waals surface area contributed by atoms with Crippen LogP contribution in [0.2, 0.25) is 0 Å². The number of nitro benzene ring substituents is 1. The summed E-state index contributed by atoms with van der Waals surface area (Å²) in [6.45, 7) is 6.95. The number of carbonyl (C=O) groups is 1. The van der Waals surface area contributed by atoms with E-state index in [1.165, 1.54) is 6.07 Å². The van der Waals surface area contributed by atoms with Gasteiger partial charge in [0.2, 0.25) is 0 Å². The number of ketones is 1. The van der Waals surface area contributed by atoms with Crippen LogP contribution in [0.5, 0.6) is 5.75 Å². The number of hydrogen-bond acceptors (Lipinski definition) is 5. The molecule has 3 aromatic carbocycles. The minimum Gasteiger partial charge on any atom is -0.482 e. The fourth-order valence-electron chi connectivity index (χ4n) is 3.30. The summed E-state index contributed by atoms with van der Waals surface area (Å²) < 4.78 is 5.72. The SMILES string of the molecule is CC(C)(C)N(CC(=O)c1ccccc1)Cc1ccc(OCc2ccccc2)c([N+](=O)[O-])c1. The number of benzene rings is 3. The van der Waals surface area contributed by atoms with Gasteiger partial charge in [-0.2, -0.15) is 0 Å². The summed E-state index contributed by atoms with van der Waals surface area (Å²) in [5.41, 5.74) is 1.95. The molecule has 0 aliphatic heterocycles. The molecule has 0 spiro atoms. The number of nitro groups is 1. The highest BCUT2D eigenvalue weighted by atomic mass is 16.6. The molecule has 6 heteroatoms. The summed E-state index contributed by atoms with van der Waals surface area (Å²) >= 11 is 0. The maximum absolute atomic E-state index is 12.8. The average Bonchev–Trinajstić information content (AvgIpc) is 2.78. The molecule has 0 bridgehead atoms. The second-order valence-corrected chi connectivity index (χ2v) is 8.65. The first kappa shape index (κ1) is 23.2. The smallest absolute Gasteiger partial charge is 0.311 e. The van der Waals surface area contributed by atoms with Crippen molar-refractivity contribution in [2.75, 3.05) is 6.54 Å². The van der Waals surface area contributed by atoms with E-state index in [1.807, 2.05) is 80.3 Å². The third kappa shape index (κ3) is 6.25. The van der Waals surface area contributed by atoms with Gasteiger partial charge in [0.05, 0.1) is 11.5 Å². The van der Waals surface area contributed by atoms with Crippen molar-refractivity contribution < 1.29 is 14.5 Å². The van der Waals surface area contributed by atoms with Crippen LogP contribution in [0.25, 0.3) is 0 Å². The lowest BCUT2D eigenvalue weighted by Crippen LogP contribution is -2.43. The number of hydrogen-bond donors (Lipinski definition) is 0.